The first-order valence-electron chi connectivity index (χ1n) is 9.27. The van der Waals surface area contributed by atoms with Gasteiger partial charge in [-0.15, -0.1) is 0 Å². The maximum absolute atomic E-state index is 13.3. The van der Waals surface area contributed by atoms with E-state index in [1.807, 2.05) is 39.8 Å². The molecule has 0 aliphatic heterocycles. The van der Waals surface area contributed by atoms with Crippen LogP contribution in [0.25, 0.3) is 21.9 Å². The molecule has 0 spiro atoms. The molecule has 3 rings (SSSR count). The van der Waals surface area contributed by atoms with E-state index in [0.717, 1.165) is 11.1 Å². The number of phenolic OH excluding ortho intramolecular Hbond substituents is 4. The Balaban J connectivity index is 2.56. The van der Waals surface area contributed by atoms with Gasteiger partial charge in [-0.3, -0.25) is 4.79 Å². The second-order valence-corrected chi connectivity index (χ2v) is 7.57. The Morgan fingerprint density at radius 3 is 1.93 bits per heavy atom. The topological polar surface area (TPSA) is 111 Å². The minimum atomic E-state index is -0.583. The first kappa shape index (κ1) is 20.3. The van der Waals surface area contributed by atoms with Gasteiger partial charge in [0.2, 0.25) is 11.2 Å². The summed E-state index contributed by atoms with van der Waals surface area (Å²) in [4.78, 5) is 13.3. The summed E-state index contributed by atoms with van der Waals surface area (Å²) < 4.78 is 5.62. The van der Waals surface area contributed by atoms with Crippen LogP contribution >= 0.6 is 0 Å². The Hall–Kier alpha value is -3.41. The van der Waals surface area contributed by atoms with Crippen molar-refractivity contribution in [1.82, 2.24) is 0 Å². The molecule has 2 aromatic carbocycles. The molecule has 0 saturated heterocycles. The van der Waals surface area contributed by atoms with E-state index in [9.17, 15) is 25.2 Å². The molecule has 0 amide bonds. The van der Waals surface area contributed by atoms with Crippen LogP contribution in [0.2, 0.25) is 0 Å². The smallest absolute Gasteiger partial charge is 0.204 e. The quantitative estimate of drug-likeness (QED) is 0.218. The second kappa shape index (κ2) is 7.54. The predicted molar refractivity (Wildman–Crippen MR) is 113 cm³/mol. The maximum atomic E-state index is 13.3. The van der Waals surface area contributed by atoms with Gasteiger partial charge in [-0.1, -0.05) is 23.3 Å². The lowest BCUT2D eigenvalue weighted by molar-refractivity contribution is 0.396. The summed E-state index contributed by atoms with van der Waals surface area (Å²) in [5, 5.41) is 41.4. The molecule has 29 heavy (non-hydrogen) atoms. The van der Waals surface area contributed by atoms with Crippen LogP contribution in [0.3, 0.4) is 0 Å². The van der Waals surface area contributed by atoms with Crippen molar-refractivity contribution in [2.75, 3.05) is 0 Å². The Kier molecular flexibility index (Phi) is 5.29. The van der Waals surface area contributed by atoms with E-state index in [0.29, 0.717) is 24.0 Å². The Morgan fingerprint density at radius 2 is 1.34 bits per heavy atom. The highest BCUT2D eigenvalue weighted by Gasteiger charge is 2.25. The summed E-state index contributed by atoms with van der Waals surface area (Å²) >= 11 is 0. The van der Waals surface area contributed by atoms with Crippen LogP contribution in [0.1, 0.15) is 38.8 Å². The summed E-state index contributed by atoms with van der Waals surface area (Å²) in [5.74, 6) is -1.62. The molecule has 1 aromatic heterocycles. The van der Waals surface area contributed by atoms with E-state index in [2.05, 4.69) is 0 Å². The third-order valence-electron chi connectivity index (χ3n) is 4.82. The lowest BCUT2D eigenvalue weighted by Gasteiger charge is -2.15. The normalized spacial score (nSPS) is 11.0. The predicted octanol–water partition coefficient (Wildman–Crippen LogP) is 4.79. The zero-order valence-corrected chi connectivity index (χ0v) is 16.8. The monoisotopic (exact) mass is 396 g/mol. The second-order valence-electron chi connectivity index (χ2n) is 7.57. The average Bonchev–Trinajstić information content (AvgIpc) is 2.65. The average molecular weight is 396 g/mol. The van der Waals surface area contributed by atoms with Crippen molar-refractivity contribution in [2.24, 2.45) is 0 Å². The molecule has 4 N–H and O–H groups in total. The summed E-state index contributed by atoms with van der Waals surface area (Å²) in [5.41, 5.74) is 1.91. The van der Waals surface area contributed by atoms with Gasteiger partial charge in [0, 0.05) is 5.56 Å². The highest BCUT2D eigenvalue weighted by molar-refractivity contribution is 6.00. The van der Waals surface area contributed by atoms with Crippen LogP contribution in [-0.4, -0.2) is 20.4 Å². The minimum absolute atomic E-state index is 0.0726. The van der Waals surface area contributed by atoms with Gasteiger partial charge < -0.3 is 24.8 Å². The highest BCUT2D eigenvalue weighted by Crippen LogP contribution is 2.43. The van der Waals surface area contributed by atoms with Crippen molar-refractivity contribution in [3.05, 3.63) is 56.8 Å². The number of allylic oxidation sites excluding steroid dienone is 4. The van der Waals surface area contributed by atoms with E-state index in [1.165, 1.54) is 12.1 Å². The molecule has 1 heterocycles. The lowest BCUT2D eigenvalue weighted by Crippen LogP contribution is -2.08. The molecule has 0 saturated carbocycles. The molecule has 0 atom stereocenters. The van der Waals surface area contributed by atoms with Crippen LogP contribution in [0.5, 0.6) is 23.0 Å². The molecule has 6 heteroatoms. The van der Waals surface area contributed by atoms with Gasteiger partial charge in [-0.2, -0.15) is 0 Å². The van der Waals surface area contributed by atoms with Crippen LogP contribution in [-0.2, 0) is 12.8 Å². The molecular weight excluding hydrogens is 372 g/mol. The first-order chi connectivity index (χ1) is 13.6. The molecular formula is C23H24O6. The highest BCUT2D eigenvalue weighted by atomic mass is 16.4. The molecule has 0 fully saturated rings. The van der Waals surface area contributed by atoms with Gasteiger partial charge >= 0.3 is 0 Å². The van der Waals surface area contributed by atoms with E-state index in [4.69, 9.17) is 4.42 Å². The molecule has 0 unspecified atom stereocenters. The fourth-order valence-electron chi connectivity index (χ4n) is 3.31. The standard InChI is InChI=1S/C23H24O6/c1-11(2)5-7-13-14(8-6-12(3)4)19(26)21(28)23-17(13)20(27)18-15(24)9-10-16(25)22(18)29-23/h5-6,9-10,24-26,28H,7-8H2,1-4H3. The summed E-state index contributed by atoms with van der Waals surface area (Å²) in [6, 6.07) is 2.40. The Labute approximate surface area is 167 Å². The Bertz CT molecular complexity index is 1240. The number of phenols is 4. The number of rotatable bonds is 4. The largest absolute Gasteiger partial charge is 0.507 e. The molecule has 0 aliphatic rings. The first-order valence-corrected chi connectivity index (χ1v) is 9.27. The van der Waals surface area contributed by atoms with Crippen LogP contribution in [0.15, 0.2) is 44.6 Å². The fourth-order valence-corrected chi connectivity index (χ4v) is 3.31. The van der Waals surface area contributed by atoms with E-state index < -0.39 is 11.2 Å². The lowest BCUT2D eigenvalue weighted by atomic mass is 9.93. The molecule has 152 valence electrons. The summed E-state index contributed by atoms with van der Waals surface area (Å²) in [7, 11) is 0. The van der Waals surface area contributed by atoms with Crippen LogP contribution < -0.4 is 5.43 Å². The van der Waals surface area contributed by atoms with Crippen molar-refractivity contribution < 1.29 is 24.8 Å². The molecule has 6 nitrogen and oxygen atoms in total. The molecule has 0 radical (unpaired) electrons. The SMILES string of the molecule is CC(C)=CCc1c(O)c(O)c2oc3c(O)ccc(O)c3c(=O)c2c1CC=C(C)C. The number of hydrogen-bond acceptors (Lipinski definition) is 6. The van der Waals surface area contributed by atoms with Gasteiger partial charge in [0.25, 0.3) is 0 Å². The van der Waals surface area contributed by atoms with Gasteiger partial charge in [0.1, 0.15) is 11.1 Å². The summed E-state index contributed by atoms with van der Waals surface area (Å²) in [6.07, 6.45) is 4.43. The van der Waals surface area contributed by atoms with Crippen LogP contribution in [0, 0.1) is 0 Å². The fraction of sp³-hybridized carbons (Fsp3) is 0.261. The van der Waals surface area contributed by atoms with Gasteiger partial charge in [0.05, 0.1) is 5.39 Å². The zero-order valence-electron chi connectivity index (χ0n) is 16.8. The third kappa shape index (κ3) is 3.53. The van der Waals surface area contributed by atoms with Crippen LogP contribution in [0.4, 0.5) is 0 Å². The Morgan fingerprint density at radius 1 is 0.793 bits per heavy atom. The van der Waals surface area contributed by atoms with Crippen molar-refractivity contribution in [3.63, 3.8) is 0 Å². The van der Waals surface area contributed by atoms with Crippen molar-refractivity contribution in [3.8, 4) is 23.0 Å². The third-order valence-corrected chi connectivity index (χ3v) is 4.82. The van der Waals surface area contributed by atoms with Gasteiger partial charge in [0.15, 0.2) is 22.7 Å². The number of hydrogen-bond donors (Lipinski definition) is 4. The zero-order chi connectivity index (χ0) is 21.5. The van der Waals surface area contributed by atoms with Gasteiger partial charge in [-0.25, -0.2) is 0 Å². The van der Waals surface area contributed by atoms with Gasteiger partial charge in [-0.05, 0) is 58.2 Å². The van der Waals surface area contributed by atoms with Crippen molar-refractivity contribution >= 4 is 21.9 Å². The minimum Gasteiger partial charge on any atom is -0.507 e. The molecule has 3 aromatic rings. The maximum Gasteiger partial charge on any atom is 0.204 e. The summed E-state index contributed by atoms with van der Waals surface area (Å²) in [6.45, 7) is 7.66. The van der Waals surface area contributed by atoms with E-state index in [1.54, 1.807) is 0 Å². The number of fused-ring (bicyclic) bond motifs is 2. The number of benzene rings is 2. The molecule has 0 aliphatic carbocycles. The van der Waals surface area contributed by atoms with E-state index in [-0.39, 0.29) is 39.2 Å². The van der Waals surface area contributed by atoms with Crippen molar-refractivity contribution in [2.45, 2.75) is 40.5 Å². The van der Waals surface area contributed by atoms with Crippen molar-refractivity contribution in [1.29, 1.82) is 0 Å². The molecule has 0 bridgehead atoms. The van der Waals surface area contributed by atoms with E-state index >= 15 is 0 Å². The number of aromatic hydroxyl groups is 4.